The van der Waals surface area contributed by atoms with Crippen LogP contribution in [0, 0.1) is 18.2 Å². The van der Waals surface area contributed by atoms with E-state index in [2.05, 4.69) is 18.2 Å². The molecule has 3 aromatic carbocycles. The molecule has 19 heavy (non-hydrogen) atoms. The molecule has 0 aliphatic heterocycles. The third kappa shape index (κ3) is 12.6. The van der Waals surface area contributed by atoms with Crippen LogP contribution in [0.15, 0.2) is 91.0 Å². The van der Waals surface area contributed by atoms with Crippen molar-refractivity contribution < 1.29 is 22.4 Å². The van der Waals surface area contributed by atoms with Gasteiger partial charge in [-0.2, -0.15) is 109 Å². The molecular formula is C18H15Ag-3. The molecule has 3 rings (SSSR count). The molecule has 101 valence electrons. The van der Waals surface area contributed by atoms with E-state index in [1.165, 1.54) is 0 Å². The Hall–Kier alpha value is -1.60. The maximum Gasteiger partial charge on any atom is 0 e. The van der Waals surface area contributed by atoms with Crippen molar-refractivity contribution in [3.63, 3.8) is 0 Å². The van der Waals surface area contributed by atoms with E-state index >= 15 is 0 Å². The van der Waals surface area contributed by atoms with Crippen molar-refractivity contribution >= 4 is 0 Å². The monoisotopic (exact) mass is 338 g/mol. The summed E-state index contributed by atoms with van der Waals surface area (Å²) in [6, 6.07) is 37.5. The van der Waals surface area contributed by atoms with E-state index in [0.29, 0.717) is 0 Å². The zero-order valence-corrected chi connectivity index (χ0v) is 11.9. The van der Waals surface area contributed by atoms with Crippen LogP contribution in [0.1, 0.15) is 0 Å². The van der Waals surface area contributed by atoms with E-state index in [1.807, 2.05) is 91.0 Å². The average Bonchev–Trinajstić information content (AvgIpc) is 2.54. The molecule has 0 N–H and O–H groups in total. The van der Waals surface area contributed by atoms with Crippen molar-refractivity contribution in [2.24, 2.45) is 0 Å². The van der Waals surface area contributed by atoms with Gasteiger partial charge in [-0.3, -0.25) is 0 Å². The molecule has 0 atom stereocenters. The fraction of sp³-hybridized carbons (Fsp3) is 0. The smallest absolute Gasteiger partial charge is 0 e. The van der Waals surface area contributed by atoms with Gasteiger partial charge in [-0.15, -0.1) is 0 Å². The first-order valence-electron chi connectivity index (χ1n) is 5.73. The van der Waals surface area contributed by atoms with Crippen molar-refractivity contribution in [1.29, 1.82) is 0 Å². The largest absolute Gasteiger partial charge is 0.184 e. The first-order valence-corrected chi connectivity index (χ1v) is 5.73. The SMILES string of the molecule is [Ag].[c-]1ccccc1.[c-]1ccccc1.[c-]1ccccc1. The second-order valence-corrected chi connectivity index (χ2v) is 3.23. The van der Waals surface area contributed by atoms with Gasteiger partial charge < -0.3 is 0 Å². The predicted octanol–water partition coefficient (Wildman–Crippen LogP) is 4.46. The van der Waals surface area contributed by atoms with Gasteiger partial charge in [0.15, 0.2) is 0 Å². The molecule has 1 radical (unpaired) electrons. The Morgan fingerprint density at radius 1 is 0.316 bits per heavy atom. The maximum atomic E-state index is 2.89. The summed E-state index contributed by atoms with van der Waals surface area (Å²) in [5.74, 6) is 0. The molecule has 0 unspecified atom stereocenters. The third-order valence-corrected chi connectivity index (χ3v) is 1.82. The zero-order chi connectivity index (χ0) is 12.7. The Kier molecular flexibility index (Phi) is 13.2. The second-order valence-electron chi connectivity index (χ2n) is 3.23. The van der Waals surface area contributed by atoms with Crippen LogP contribution >= 0.6 is 0 Å². The fourth-order valence-corrected chi connectivity index (χ4v) is 1.03. The van der Waals surface area contributed by atoms with Crippen LogP contribution in [0.4, 0.5) is 0 Å². The van der Waals surface area contributed by atoms with Gasteiger partial charge in [0, 0.05) is 22.4 Å². The van der Waals surface area contributed by atoms with Gasteiger partial charge in [-0.1, -0.05) is 0 Å². The van der Waals surface area contributed by atoms with Crippen LogP contribution < -0.4 is 0 Å². The van der Waals surface area contributed by atoms with Crippen LogP contribution in [-0.4, -0.2) is 0 Å². The molecule has 0 aliphatic rings. The molecule has 0 nitrogen and oxygen atoms in total. The van der Waals surface area contributed by atoms with Crippen molar-refractivity contribution in [3.8, 4) is 0 Å². The topological polar surface area (TPSA) is 0 Å². The van der Waals surface area contributed by atoms with Crippen molar-refractivity contribution in [1.82, 2.24) is 0 Å². The Morgan fingerprint density at radius 2 is 0.526 bits per heavy atom. The van der Waals surface area contributed by atoms with E-state index in [1.54, 1.807) is 0 Å². The predicted molar refractivity (Wildman–Crippen MR) is 75.8 cm³/mol. The van der Waals surface area contributed by atoms with Crippen molar-refractivity contribution in [2.75, 3.05) is 0 Å². The summed E-state index contributed by atoms with van der Waals surface area (Å²) in [7, 11) is 0. The molecule has 0 fully saturated rings. The normalized spacial score (nSPS) is 7.58. The summed E-state index contributed by atoms with van der Waals surface area (Å²) in [4.78, 5) is 0. The summed E-state index contributed by atoms with van der Waals surface area (Å²) >= 11 is 0. The molecule has 0 amide bonds. The summed E-state index contributed by atoms with van der Waals surface area (Å²) in [6.07, 6.45) is 0. The second kappa shape index (κ2) is 14.5. The fourth-order valence-electron chi connectivity index (χ4n) is 1.03. The minimum atomic E-state index is 0. The quantitative estimate of drug-likeness (QED) is 0.419. The van der Waals surface area contributed by atoms with E-state index in [-0.39, 0.29) is 22.4 Å². The van der Waals surface area contributed by atoms with Crippen LogP contribution in [0.2, 0.25) is 0 Å². The Morgan fingerprint density at radius 3 is 0.579 bits per heavy atom. The van der Waals surface area contributed by atoms with Gasteiger partial charge >= 0.3 is 0 Å². The van der Waals surface area contributed by atoms with E-state index in [9.17, 15) is 0 Å². The molecule has 1 heteroatoms. The third-order valence-electron chi connectivity index (χ3n) is 1.82. The van der Waals surface area contributed by atoms with Crippen LogP contribution in [-0.2, 0) is 22.4 Å². The number of hydrogen-bond donors (Lipinski definition) is 0. The number of rotatable bonds is 0. The van der Waals surface area contributed by atoms with E-state index in [0.717, 1.165) is 0 Å². The number of benzene rings is 3. The molecule has 0 heterocycles. The molecule has 0 bridgehead atoms. The molecular weight excluding hydrogens is 324 g/mol. The van der Waals surface area contributed by atoms with Crippen LogP contribution in [0.5, 0.6) is 0 Å². The standard InChI is InChI=1S/3C6H5.Ag/c3*1-2-4-6-5-3-1;/h3*1-5H;/q3*-1;. The minimum absolute atomic E-state index is 0. The molecule has 0 aliphatic carbocycles. The Labute approximate surface area is 131 Å². The van der Waals surface area contributed by atoms with Crippen LogP contribution in [0.3, 0.4) is 0 Å². The maximum absolute atomic E-state index is 2.89. The Bertz CT molecular complexity index is 296. The molecule has 0 spiro atoms. The Balaban J connectivity index is 0.000000249. The summed E-state index contributed by atoms with van der Waals surface area (Å²) < 4.78 is 0. The van der Waals surface area contributed by atoms with Crippen molar-refractivity contribution in [3.05, 3.63) is 109 Å². The summed E-state index contributed by atoms with van der Waals surface area (Å²) in [5, 5.41) is 0. The van der Waals surface area contributed by atoms with Gasteiger partial charge in [0.1, 0.15) is 0 Å². The van der Waals surface area contributed by atoms with E-state index < -0.39 is 0 Å². The summed E-state index contributed by atoms with van der Waals surface area (Å²) in [6.45, 7) is 0. The first-order chi connectivity index (χ1) is 9.00. The zero-order valence-electron chi connectivity index (χ0n) is 10.5. The molecule has 0 saturated heterocycles. The van der Waals surface area contributed by atoms with Gasteiger partial charge in [0.05, 0.1) is 0 Å². The van der Waals surface area contributed by atoms with Crippen LogP contribution in [0.25, 0.3) is 0 Å². The number of hydrogen-bond acceptors (Lipinski definition) is 0. The van der Waals surface area contributed by atoms with Gasteiger partial charge in [0.25, 0.3) is 0 Å². The minimum Gasteiger partial charge on any atom is -0.184 e. The average molecular weight is 339 g/mol. The van der Waals surface area contributed by atoms with Gasteiger partial charge in [-0.05, 0) is 0 Å². The first kappa shape index (κ1) is 17.4. The summed E-state index contributed by atoms with van der Waals surface area (Å²) in [5.41, 5.74) is 0. The van der Waals surface area contributed by atoms with Gasteiger partial charge in [-0.25, -0.2) is 0 Å². The van der Waals surface area contributed by atoms with Crippen molar-refractivity contribution in [2.45, 2.75) is 0 Å². The van der Waals surface area contributed by atoms with Gasteiger partial charge in [0.2, 0.25) is 0 Å². The molecule has 0 aromatic heterocycles. The molecule has 3 aromatic rings. The molecule has 0 saturated carbocycles. The van der Waals surface area contributed by atoms with E-state index in [4.69, 9.17) is 0 Å².